The summed E-state index contributed by atoms with van der Waals surface area (Å²) in [7, 11) is 0. The highest BCUT2D eigenvalue weighted by atomic mass is 16.1. The van der Waals surface area contributed by atoms with Crippen LogP contribution in [0.3, 0.4) is 0 Å². The maximum atomic E-state index is 12.3. The molecule has 0 aliphatic heterocycles. The normalized spacial score (nSPS) is 9.92. The summed E-state index contributed by atoms with van der Waals surface area (Å²) in [5.74, 6) is 0.122. The molecule has 0 aliphatic rings. The van der Waals surface area contributed by atoms with Gasteiger partial charge in [0.05, 0.1) is 23.6 Å². The van der Waals surface area contributed by atoms with Crippen molar-refractivity contribution in [2.45, 2.75) is 6.92 Å². The average molecular weight is 329 g/mol. The molecule has 6 heteroatoms. The van der Waals surface area contributed by atoms with Crippen LogP contribution in [-0.2, 0) is 0 Å². The zero-order chi connectivity index (χ0) is 17.6. The van der Waals surface area contributed by atoms with Crippen LogP contribution in [0.1, 0.15) is 21.6 Å². The van der Waals surface area contributed by atoms with Gasteiger partial charge in [0.15, 0.2) is 0 Å². The number of para-hydroxylation sites is 1. The van der Waals surface area contributed by atoms with E-state index < -0.39 is 5.91 Å². The second kappa shape index (κ2) is 7.23. The second-order valence-corrected chi connectivity index (χ2v) is 5.39. The second-order valence-electron chi connectivity index (χ2n) is 5.39. The molecule has 1 aromatic heterocycles. The molecular weight excluding hydrogens is 314 g/mol. The number of benzene rings is 2. The third-order valence-corrected chi connectivity index (χ3v) is 3.47. The number of nitrogens with zero attached hydrogens (tertiary/aromatic N) is 3. The lowest BCUT2D eigenvalue weighted by Gasteiger charge is -2.08. The van der Waals surface area contributed by atoms with Crippen LogP contribution in [0.2, 0.25) is 0 Å². The molecule has 0 radical (unpaired) electrons. The maximum absolute atomic E-state index is 12.3. The number of hydrogen-bond acceptors (Lipinski definition) is 5. The summed E-state index contributed by atoms with van der Waals surface area (Å²) < 4.78 is 0. The molecule has 0 bridgehead atoms. The highest BCUT2D eigenvalue weighted by Gasteiger charge is 2.11. The third kappa shape index (κ3) is 3.98. The van der Waals surface area contributed by atoms with Crippen LogP contribution in [0, 0.1) is 18.3 Å². The fourth-order valence-corrected chi connectivity index (χ4v) is 2.26. The first kappa shape index (κ1) is 16.1. The van der Waals surface area contributed by atoms with E-state index in [9.17, 15) is 4.79 Å². The Kier molecular flexibility index (Phi) is 4.67. The molecule has 122 valence electrons. The van der Waals surface area contributed by atoms with Gasteiger partial charge in [-0.3, -0.25) is 4.79 Å². The molecule has 0 spiro atoms. The topological polar surface area (TPSA) is 90.7 Å². The number of amides is 1. The van der Waals surface area contributed by atoms with E-state index in [2.05, 4.69) is 20.6 Å². The molecule has 0 saturated carbocycles. The van der Waals surface area contributed by atoms with Crippen molar-refractivity contribution in [2.75, 3.05) is 10.6 Å². The Balaban J connectivity index is 1.71. The maximum Gasteiger partial charge on any atom is 0.275 e. The summed E-state index contributed by atoms with van der Waals surface area (Å²) in [5.41, 5.74) is 3.03. The van der Waals surface area contributed by atoms with Crippen molar-refractivity contribution in [1.82, 2.24) is 9.97 Å². The minimum Gasteiger partial charge on any atom is -0.339 e. The smallest absolute Gasteiger partial charge is 0.275 e. The van der Waals surface area contributed by atoms with E-state index >= 15 is 0 Å². The Hall–Kier alpha value is -3.72. The lowest BCUT2D eigenvalue weighted by atomic mass is 10.2. The predicted molar refractivity (Wildman–Crippen MR) is 95.6 cm³/mol. The molecule has 2 aromatic carbocycles. The van der Waals surface area contributed by atoms with Crippen LogP contribution in [0.4, 0.5) is 17.2 Å². The molecule has 3 aromatic rings. The third-order valence-electron chi connectivity index (χ3n) is 3.47. The summed E-state index contributed by atoms with van der Waals surface area (Å²) in [6.45, 7) is 2.00. The largest absolute Gasteiger partial charge is 0.339 e. The quantitative estimate of drug-likeness (QED) is 0.762. The van der Waals surface area contributed by atoms with Gasteiger partial charge in [-0.1, -0.05) is 24.3 Å². The molecule has 0 fully saturated rings. The fraction of sp³-hybridized carbons (Fsp3) is 0.0526. The van der Waals surface area contributed by atoms with Gasteiger partial charge in [-0.25, -0.2) is 9.97 Å². The Morgan fingerprint density at radius 2 is 1.92 bits per heavy atom. The van der Waals surface area contributed by atoms with Gasteiger partial charge in [-0.2, -0.15) is 5.26 Å². The van der Waals surface area contributed by atoms with E-state index in [1.54, 1.807) is 24.3 Å². The van der Waals surface area contributed by atoms with E-state index in [0.29, 0.717) is 17.1 Å². The molecule has 2 N–H and O–H groups in total. The number of rotatable bonds is 4. The molecule has 25 heavy (non-hydrogen) atoms. The highest BCUT2D eigenvalue weighted by Crippen LogP contribution is 2.16. The number of aromatic nitrogens is 2. The van der Waals surface area contributed by atoms with Gasteiger partial charge >= 0.3 is 0 Å². The number of carbonyl (C=O) groups is 1. The van der Waals surface area contributed by atoms with E-state index in [4.69, 9.17) is 5.26 Å². The van der Waals surface area contributed by atoms with Crippen molar-refractivity contribution in [2.24, 2.45) is 0 Å². The molecule has 0 unspecified atom stereocenters. The van der Waals surface area contributed by atoms with E-state index in [1.165, 1.54) is 12.4 Å². The Morgan fingerprint density at radius 3 is 2.64 bits per heavy atom. The predicted octanol–water partition coefficient (Wildman–Crippen LogP) is 3.65. The zero-order valence-electron chi connectivity index (χ0n) is 13.5. The molecule has 0 atom stereocenters. The number of aryl methyl sites for hydroxylation is 1. The van der Waals surface area contributed by atoms with Crippen molar-refractivity contribution in [3.05, 3.63) is 77.7 Å². The first-order chi connectivity index (χ1) is 12.2. The van der Waals surface area contributed by atoms with E-state index in [0.717, 1.165) is 11.3 Å². The van der Waals surface area contributed by atoms with Crippen molar-refractivity contribution in [3.8, 4) is 6.07 Å². The van der Waals surface area contributed by atoms with Gasteiger partial charge in [0.1, 0.15) is 17.6 Å². The van der Waals surface area contributed by atoms with Crippen molar-refractivity contribution in [1.29, 1.82) is 5.26 Å². The highest BCUT2D eigenvalue weighted by molar-refractivity contribution is 6.03. The molecule has 0 saturated heterocycles. The van der Waals surface area contributed by atoms with E-state index in [-0.39, 0.29) is 5.69 Å². The van der Waals surface area contributed by atoms with Crippen molar-refractivity contribution in [3.63, 3.8) is 0 Å². The lowest BCUT2D eigenvalue weighted by molar-refractivity contribution is 0.102. The van der Waals surface area contributed by atoms with Gasteiger partial charge < -0.3 is 10.6 Å². The van der Waals surface area contributed by atoms with Gasteiger partial charge in [0, 0.05) is 5.69 Å². The summed E-state index contributed by atoms with van der Waals surface area (Å²) in [6, 6.07) is 16.7. The SMILES string of the molecule is Cc1cccc(Nc2cnc(C(=O)Nc3ccccc3C#N)cn2)c1. The van der Waals surface area contributed by atoms with Gasteiger partial charge in [0.2, 0.25) is 0 Å². The zero-order valence-corrected chi connectivity index (χ0v) is 13.5. The number of anilines is 3. The number of nitrogens with one attached hydrogen (secondary N) is 2. The molecule has 3 rings (SSSR count). The Bertz CT molecular complexity index is 945. The summed E-state index contributed by atoms with van der Waals surface area (Å²) in [6.07, 6.45) is 2.88. The summed E-state index contributed by atoms with van der Waals surface area (Å²) >= 11 is 0. The van der Waals surface area contributed by atoms with Crippen LogP contribution in [0.25, 0.3) is 0 Å². The number of hydrogen-bond donors (Lipinski definition) is 2. The molecule has 6 nitrogen and oxygen atoms in total. The van der Waals surface area contributed by atoms with Gasteiger partial charge in [-0.05, 0) is 36.8 Å². The van der Waals surface area contributed by atoms with Crippen LogP contribution in [0.5, 0.6) is 0 Å². The summed E-state index contributed by atoms with van der Waals surface area (Å²) in [4.78, 5) is 20.6. The first-order valence-electron chi connectivity index (χ1n) is 7.62. The van der Waals surface area contributed by atoms with Crippen LogP contribution >= 0.6 is 0 Å². The monoisotopic (exact) mass is 329 g/mol. The minimum absolute atomic E-state index is 0.169. The van der Waals surface area contributed by atoms with Crippen LogP contribution < -0.4 is 10.6 Å². The Labute approximate surface area is 145 Å². The Morgan fingerprint density at radius 1 is 1.08 bits per heavy atom. The lowest BCUT2D eigenvalue weighted by Crippen LogP contribution is -2.15. The van der Waals surface area contributed by atoms with Crippen LogP contribution in [-0.4, -0.2) is 15.9 Å². The average Bonchev–Trinajstić information content (AvgIpc) is 2.63. The van der Waals surface area contributed by atoms with Crippen molar-refractivity contribution >= 4 is 23.1 Å². The number of nitriles is 1. The number of carbonyl (C=O) groups excluding carboxylic acids is 1. The molecule has 1 heterocycles. The van der Waals surface area contributed by atoms with Gasteiger partial charge in [0.25, 0.3) is 5.91 Å². The standard InChI is InChI=1S/C19H15N5O/c1-13-5-4-7-15(9-13)23-18-12-21-17(11-22-18)19(25)24-16-8-3-2-6-14(16)10-20/h2-9,11-12H,1H3,(H,22,23)(H,24,25). The van der Waals surface area contributed by atoms with E-state index in [1.807, 2.05) is 37.3 Å². The van der Waals surface area contributed by atoms with Gasteiger partial charge in [-0.15, -0.1) is 0 Å². The summed E-state index contributed by atoms with van der Waals surface area (Å²) in [5, 5.41) is 14.9. The molecule has 0 aliphatic carbocycles. The first-order valence-corrected chi connectivity index (χ1v) is 7.62. The minimum atomic E-state index is -0.419. The van der Waals surface area contributed by atoms with Crippen LogP contribution in [0.15, 0.2) is 60.9 Å². The molecule has 1 amide bonds. The fourth-order valence-electron chi connectivity index (χ4n) is 2.26. The van der Waals surface area contributed by atoms with Crippen molar-refractivity contribution < 1.29 is 4.79 Å². The molecular formula is C19H15N5O.